The molecular weight excluding hydrogens is 251 g/mol. The van der Waals surface area contributed by atoms with Crippen molar-refractivity contribution in [3.05, 3.63) is 70.5 Å². The van der Waals surface area contributed by atoms with E-state index in [1.165, 1.54) is 17.2 Å². The molecule has 0 aliphatic carbocycles. The van der Waals surface area contributed by atoms with E-state index in [4.69, 9.17) is 5.26 Å². The fourth-order valence-corrected chi connectivity index (χ4v) is 2.00. The highest BCUT2D eigenvalue weighted by atomic mass is 19.1. The van der Waals surface area contributed by atoms with Crippen molar-refractivity contribution in [2.24, 2.45) is 0 Å². The van der Waals surface area contributed by atoms with E-state index in [9.17, 15) is 4.39 Å². The van der Waals surface area contributed by atoms with Crippen LogP contribution in [0.3, 0.4) is 0 Å². The predicted molar refractivity (Wildman–Crippen MR) is 77.5 cm³/mol. The molecule has 0 spiro atoms. The molecule has 0 bridgehead atoms. The molecule has 0 amide bonds. The van der Waals surface area contributed by atoms with E-state index < -0.39 is 0 Å². The van der Waals surface area contributed by atoms with Crippen LogP contribution in [0.15, 0.2) is 42.5 Å². The zero-order chi connectivity index (χ0) is 14.5. The van der Waals surface area contributed by atoms with Gasteiger partial charge in [0.25, 0.3) is 0 Å². The van der Waals surface area contributed by atoms with Crippen LogP contribution < -0.4 is 5.32 Å². The van der Waals surface area contributed by atoms with Crippen LogP contribution in [0.25, 0.3) is 0 Å². The maximum atomic E-state index is 13.8. The molecule has 0 radical (unpaired) electrons. The Balaban J connectivity index is 2.01. The summed E-state index contributed by atoms with van der Waals surface area (Å²) in [5.41, 5.74) is 3.31. The van der Waals surface area contributed by atoms with Crippen molar-refractivity contribution < 1.29 is 4.39 Å². The highest BCUT2D eigenvalue weighted by Gasteiger charge is 2.07. The molecule has 0 unspecified atom stereocenters. The minimum absolute atomic E-state index is 0.144. The molecule has 0 heterocycles. The average Bonchev–Trinajstić information content (AvgIpc) is 2.46. The van der Waals surface area contributed by atoms with Crippen molar-refractivity contribution in [3.63, 3.8) is 0 Å². The molecule has 0 fully saturated rings. The smallest absolute Gasteiger partial charge is 0.129 e. The fraction of sp³-hybridized carbons (Fsp3) is 0.235. The number of aryl methyl sites for hydroxylation is 1. The Morgan fingerprint density at radius 2 is 1.90 bits per heavy atom. The first kappa shape index (κ1) is 14.2. The number of nitrogens with zero attached hydrogens (tertiary/aromatic N) is 1. The summed E-state index contributed by atoms with van der Waals surface area (Å²) in [5, 5.41) is 12.0. The van der Waals surface area contributed by atoms with E-state index >= 15 is 0 Å². The van der Waals surface area contributed by atoms with Crippen molar-refractivity contribution in [2.45, 2.75) is 26.4 Å². The van der Waals surface area contributed by atoms with Crippen LogP contribution in [0.4, 0.5) is 4.39 Å². The standard InChI is InChI=1S/C17H17FN2/c1-12-3-6-15(7-4-12)13(2)20-11-16-8-5-14(10-19)9-17(16)18/h3-9,13,20H,11H2,1-2H3/t13-/m0/s1. The Morgan fingerprint density at radius 3 is 2.50 bits per heavy atom. The van der Waals surface area contributed by atoms with Gasteiger partial charge in [-0.05, 0) is 31.5 Å². The molecule has 2 aromatic carbocycles. The first-order chi connectivity index (χ1) is 9.60. The van der Waals surface area contributed by atoms with Gasteiger partial charge in [0, 0.05) is 18.2 Å². The maximum absolute atomic E-state index is 13.8. The van der Waals surface area contributed by atoms with Gasteiger partial charge in [-0.3, -0.25) is 0 Å². The summed E-state index contributed by atoms with van der Waals surface area (Å²) in [4.78, 5) is 0. The number of hydrogen-bond acceptors (Lipinski definition) is 2. The van der Waals surface area contributed by atoms with Crippen molar-refractivity contribution >= 4 is 0 Å². The van der Waals surface area contributed by atoms with Crippen LogP contribution >= 0.6 is 0 Å². The van der Waals surface area contributed by atoms with Gasteiger partial charge in [0.15, 0.2) is 0 Å². The first-order valence-electron chi connectivity index (χ1n) is 6.58. The molecule has 2 rings (SSSR count). The third-order valence-corrected chi connectivity index (χ3v) is 3.36. The first-order valence-corrected chi connectivity index (χ1v) is 6.58. The van der Waals surface area contributed by atoms with Crippen LogP contribution in [0, 0.1) is 24.1 Å². The van der Waals surface area contributed by atoms with Crippen molar-refractivity contribution in [1.29, 1.82) is 5.26 Å². The third-order valence-electron chi connectivity index (χ3n) is 3.36. The molecular formula is C17H17FN2. The maximum Gasteiger partial charge on any atom is 0.129 e. The summed E-state index contributed by atoms with van der Waals surface area (Å²) in [6.45, 7) is 4.53. The molecule has 2 nitrogen and oxygen atoms in total. The van der Waals surface area contributed by atoms with E-state index in [0.29, 0.717) is 17.7 Å². The molecule has 20 heavy (non-hydrogen) atoms. The van der Waals surface area contributed by atoms with Crippen LogP contribution in [0.1, 0.15) is 35.2 Å². The Kier molecular flexibility index (Phi) is 4.49. The lowest BCUT2D eigenvalue weighted by molar-refractivity contribution is 0.544. The lowest BCUT2D eigenvalue weighted by Gasteiger charge is -2.15. The van der Waals surface area contributed by atoms with E-state index in [1.807, 2.05) is 19.9 Å². The molecule has 3 heteroatoms. The zero-order valence-electron chi connectivity index (χ0n) is 11.7. The van der Waals surface area contributed by atoms with Gasteiger partial charge in [-0.1, -0.05) is 35.9 Å². The summed E-state index contributed by atoms with van der Waals surface area (Å²) in [5.74, 6) is -0.340. The molecule has 1 N–H and O–H groups in total. The van der Waals surface area contributed by atoms with Crippen LogP contribution in [-0.4, -0.2) is 0 Å². The normalized spacial score (nSPS) is 11.9. The molecule has 0 saturated carbocycles. The summed E-state index contributed by atoms with van der Waals surface area (Å²) in [7, 11) is 0. The van der Waals surface area contributed by atoms with Gasteiger partial charge in [-0.2, -0.15) is 5.26 Å². The van der Waals surface area contributed by atoms with Crippen LogP contribution in [0.2, 0.25) is 0 Å². The number of rotatable bonds is 4. The zero-order valence-corrected chi connectivity index (χ0v) is 11.7. The molecule has 2 aromatic rings. The molecule has 1 atom stereocenters. The topological polar surface area (TPSA) is 35.8 Å². The second kappa shape index (κ2) is 6.31. The summed E-state index contributed by atoms with van der Waals surface area (Å²) >= 11 is 0. The van der Waals surface area contributed by atoms with Gasteiger partial charge in [0.2, 0.25) is 0 Å². The third kappa shape index (κ3) is 3.43. The van der Waals surface area contributed by atoms with Crippen molar-refractivity contribution in [3.8, 4) is 6.07 Å². The lowest BCUT2D eigenvalue weighted by atomic mass is 10.1. The van der Waals surface area contributed by atoms with Gasteiger partial charge >= 0.3 is 0 Å². The van der Waals surface area contributed by atoms with Gasteiger partial charge in [0.05, 0.1) is 11.6 Å². The second-order valence-corrected chi connectivity index (χ2v) is 4.93. The summed E-state index contributed by atoms with van der Waals surface area (Å²) in [6.07, 6.45) is 0. The molecule has 102 valence electrons. The predicted octanol–water partition coefficient (Wildman–Crippen LogP) is 3.86. The number of benzene rings is 2. The van der Waals surface area contributed by atoms with Crippen LogP contribution in [-0.2, 0) is 6.54 Å². The minimum atomic E-state index is -0.340. The van der Waals surface area contributed by atoms with Gasteiger partial charge in [-0.15, -0.1) is 0 Å². The number of nitrogens with one attached hydrogen (secondary N) is 1. The lowest BCUT2D eigenvalue weighted by Crippen LogP contribution is -2.18. The Labute approximate surface area is 118 Å². The largest absolute Gasteiger partial charge is 0.306 e. The fourth-order valence-electron chi connectivity index (χ4n) is 2.00. The molecule has 0 aliphatic heterocycles. The average molecular weight is 268 g/mol. The minimum Gasteiger partial charge on any atom is -0.306 e. The van der Waals surface area contributed by atoms with E-state index in [1.54, 1.807) is 12.1 Å². The van der Waals surface area contributed by atoms with Crippen molar-refractivity contribution in [1.82, 2.24) is 5.32 Å². The van der Waals surface area contributed by atoms with E-state index in [0.717, 1.165) is 0 Å². The van der Waals surface area contributed by atoms with Crippen LogP contribution in [0.5, 0.6) is 0 Å². The van der Waals surface area contributed by atoms with E-state index in [-0.39, 0.29) is 11.9 Å². The summed E-state index contributed by atoms with van der Waals surface area (Å²) < 4.78 is 13.8. The van der Waals surface area contributed by atoms with Crippen molar-refractivity contribution in [2.75, 3.05) is 0 Å². The molecule has 0 saturated heterocycles. The Morgan fingerprint density at radius 1 is 1.20 bits per heavy atom. The summed E-state index contributed by atoms with van der Waals surface area (Å²) in [6, 6.07) is 14.9. The van der Waals surface area contributed by atoms with E-state index in [2.05, 4.69) is 29.6 Å². The monoisotopic (exact) mass is 268 g/mol. The highest BCUT2D eigenvalue weighted by molar-refractivity contribution is 5.33. The Bertz CT molecular complexity index is 626. The molecule has 0 aliphatic rings. The molecule has 0 aromatic heterocycles. The number of halogens is 1. The number of nitriles is 1. The van der Waals surface area contributed by atoms with Gasteiger partial charge in [-0.25, -0.2) is 4.39 Å². The SMILES string of the molecule is Cc1ccc([C@H](C)NCc2ccc(C#N)cc2F)cc1. The second-order valence-electron chi connectivity index (χ2n) is 4.93. The quantitative estimate of drug-likeness (QED) is 0.914. The number of hydrogen-bond donors (Lipinski definition) is 1. The van der Waals surface area contributed by atoms with Gasteiger partial charge < -0.3 is 5.32 Å². The van der Waals surface area contributed by atoms with Gasteiger partial charge in [0.1, 0.15) is 5.82 Å². The Hall–Kier alpha value is -2.18. The highest BCUT2D eigenvalue weighted by Crippen LogP contribution is 2.15.